The summed E-state index contributed by atoms with van der Waals surface area (Å²) in [5.74, 6) is 0.860. The highest BCUT2D eigenvalue weighted by Gasteiger charge is 2.37. The number of nitrogens with zero attached hydrogens (tertiary/aromatic N) is 3. The van der Waals surface area contributed by atoms with Crippen LogP contribution in [-0.2, 0) is 5.41 Å². The second-order valence-corrected chi connectivity index (χ2v) is 12.6. The lowest BCUT2D eigenvalue weighted by Gasteiger charge is -2.29. The normalized spacial score (nSPS) is 13.2. The number of aromatic nitrogens is 2. The van der Waals surface area contributed by atoms with E-state index in [9.17, 15) is 0 Å². The minimum absolute atomic E-state index is 0.118. The fourth-order valence-corrected chi connectivity index (χ4v) is 7.75. The van der Waals surface area contributed by atoms with Gasteiger partial charge >= 0.3 is 0 Å². The van der Waals surface area contributed by atoms with Gasteiger partial charge in [0.25, 0.3) is 0 Å². The summed E-state index contributed by atoms with van der Waals surface area (Å²) in [5.41, 5.74) is 10.0. The Bertz CT molecular complexity index is 2350. The minimum atomic E-state index is -0.118. The van der Waals surface area contributed by atoms with Gasteiger partial charge in [-0.1, -0.05) is 117 Å². The quantitative estimate of drug-likeness (QED) is 0.191. The van der Waals surface area contributed by atoms with Crippen molar-refractivity contribution < 1.29 is 0 Å². The zero-order valence-electron chi connectivity index (χ0n) is 25.8. The van der Waals surface area contributed by atoms with E-state index in [1.165, 1.54) is 65.7 Å². The monoisotopic (exact) mass is 589 g/mol. The molecule has 0 bridgehead atoms. The van der Waals surface area contributed by atoms with Crippen LogP contribution < -0.4 is 4.90 Å². The Labute approximate surface area is 268 Å². The van der Waals surface area contributed by atoms with Crippen LogP contribution in [0.4, 0.5) is 17.2 Å². The second kappa shape index (κ2) is 10.1. The van der Waals surface area contributed by atoms with Gasteiger partial charge in [-0.25, -0.2) is 4.98 Å². The minimum Gasteiger partial charge on any atom is -0.294 e. The molecular formula is C43H31N3. The molecule has 0 radical (unpaired) electrons. The average Bonchev–Trinajstić information content (AvgIpc) is 3.35. The number of pyridine rings is 2. The molecule has 0 N–H and O–H groups in total. The van der Waals surface area contributed by atoms with Crippen molar-refractivity contribution >= 4 is 49.5 Å². The summed E-state index contributed by atoms with van der Waals surface area (Å²) < 4.78 is 0. The fraction of sp³-hybridized carbons (Fsp3) is 0.0698. The Kier molecular flexibility index (Phi) is 5.85. The number of rotatable bonds is 4. The van der Waals surface area contributed by atoms with Crippen LogP contribution in [0.25, 0.3) is 54.6 Å². The van der Waals surface area contributed by atoms with Crippen molar-refractivity contribution in [1.29, 1.82) is 0 Å². The Hall–Kier alpha value is -5.80. The molecule has 0 amide bonds. The van der Waals surface area contributed by atoms with Crippen molar-refractivity contribution in [2.45, 2.75) is 19.3 Å². The third-order valence-electron chi connectivity index (χ3n) is 9.78. The van der Waals surface area contributed by atoms with Gasteiger partial charge in [-0.3, -0.25) is 9.88 Å². The molecule has 0 unspecified atom stereocenters. The molecule has 218 valence electrons. The molecule has 3 nitrogen and oxygen atoms in total. The number of hydrogen-bond donors (Lipinski definition) is 0. The van der Waals surface area contributed by atoms with E-state index < -0.39 is 0 Å². The van der Waals surface area contributed by atoms with E-state index in [0.717, 1.165) is 17.2 Å². The molecule has 2 aromatic heterocycles. The molecule has 0 atom stereocenters. The Morgan fingerprint density at radius 1 is 0.478 bits per heavy atom. The number of fused-ring (bicyclic) bond motifs is 7. The smallest absolute Gasteiger partial charge is 0.137 e. The number of anilines is 3. The molecule has 0 saturated carbocycles. The Morgan fingerprint density at radius 3 is 1.70 bits per heavy atom. The van der Waals surface area contributed by atoms with Gasteiger partial charge in [0, 0.05) is 34.8 Å². The third-order valence-corrected chi connectivity index (χ3v) is 9.78. The first kappa shape index (κ1) is 26.6. The molecule has 0 spiro atoms. The van der Waals surface area contributed by atoms with Crippen LogP contribution >= 0.6 is 0 Å². The second-order valence-electron chi connectivity index (χ2n) is 12.6. The lowest BCUT2D eigenvalue weighted by molar-refractivity contribution is 0.661. The third kappa shape index (κ3) is 3.78. The van der Waals surface area contributed by atoms with Gasteiger partial charge in [-0.15, -0.1) is 0 Å². The maximum atomic E-state index is 4.85. The van der Waals surface area contributed by atoms with Gasteiger partial charge in [0.2, 0.25) is 0 Å². The van der Waals surface area contributed by atoms with Gasteiger partial charge in [-0.2, -0.15) is 0 Å². The van der Waals surface area contributed by atoms with Crippen molar-refractivity contribution in [1.82, 2.24) is 9.97 Å². The van der Waals surface area contributed by atoms with Crippen molar-refractivity contribution in [3.8, 4) is 22.3 Å². The fourth-order valence-electron chi connectivity index (χ4n) is 7.75. The molecule has 1 aliphatic rings. The summed E-state index contributed by atoms with van der Waals surface area (Å²) >= 11 is 0. The summed E-state index contributed by atoms with van der Waals surface area (Å²) in [6.07, 6.45) is 5.56. The first-order valence-corrected chi connectivity index (χ1v) is 15.8. The van der Waals surface area contributed by atoms with Crippen LogP contribution in [0.3, 0.4) is 0 Å². The van der Waals surface area contributed by atoms with E-state index in [0.29, 0.717) is 0 Å². The Balaban J connectivity index is 1.43. The number of benzene rings is 6. The van der Waals surface area contributed by atoms with Crippen LogP contribution in [-0.4, -0.2) is 9.97 Å². The number of hydrogen-bond acceptors (Lipinski definition) is 3. The van der Waals surface area contributed by atoms with Gasteiger partial charge in [0.1, 0.15) is 5.82 Å². The first-order valence-electron chi connectivity index (χ1n) is 15.8. The van der Waals surface area contributed by atoms with Gasteiger partial charge in [0.15, 0.2) is 0 Å². The molecule has 9 rings (SSSR count). The maximum Gasteiger partial charge on any atom is 0.137 e. The summed E-state index contributed by atoms with van der Waals surface area (Å²) in [5, 5.41) is 7.34. The maximum absolute atomic E-state index is 4.85. The molecule has 0 aliphatic heterocycles. The molecule has 6 aromatic carbocycles. The lowest BCUT2D eigenvalue weighted by atomic mass is 9.79. The molecule has 0 fully saturated rings. The van der Waals surface area contributed by atoms with E-state index in [-0.39, 0.29) is 5.41 Å². The predicted molar refractivity (Wildman–Crippen MR) is 192 cm³/mol. The van der Waals surface area contributed by atoms with E-state index in [4.69, 9.17) is 4.98 Å². The van der Waals surface area contributed by atoms with Crippen molar-refractivity contribution in [3.63, 3.8) is 0 Å². The van der Waals surface area contributed by atoms with Crippen LogP contribution in [0.15, 0.2) is 152 Å². The van der Waals surface area contributed by atoms with E-state index >= 15 is 0 Å². The summed E-state index contributed by atoms with van der Waals surface area (Å²) in [6.45, 7) is 4.74. The highest BCUT2D eigenvalue weighted by atomic mass is 15.2. The first-order chi connectivity index (χ1) is 22.6. The van der Waals surface area contributed by atoms with E-state index in [1.807, 2.05) is 30.7 Å². The van der Waals surface area contributed by atoms with Crippen LogP contribution in [0.1, 0.15) is 25.0 Å². The van der Waals surface area contributed by atoms with Crippen molar-refractivity contribution in [3.05, 3.63) is 163 Å². The Morgan fingerprint density at radius 2 is 1.04 bits per heavy atom. The highest BCUT2D eigenvalue weighted by Crippen LogP contribution is 2.55. The van der Waals surface area contributed by atoms with Gasteiger partial charge in [0.05, 0.1) is 11.4 Å². The van der Waals surface area contributed by atoms with Crippen molar-refractivity contribution in [2.75, 3.05) is 4.90 Å². The zero-order valence-corrected chi connectivity index (χ0v) is 25.8. The van der Waals surface area contributed by atoms with Gasteiger partial charge in [-0.05, 0) is 85.3 Å². The molecule has 46 heavy (non-hydrogen) atoms. The molecule has 3 heteroatoms. The van der Waals surface area contributed by atoms with E-state index in [2.05, 4.69) is 145 Å². The lowest BCUT2D eigenvalue weighted by Crippen LogP contribution is -2.15. The van der Waals surface area contributed by atoms with Gasteiger partial charge < -0.3 is 0 Å². The molecule has 2 heterocycles. The molecular weight excluding hydrogens is 558 g/mol. The molecule has 8 aromatic rings. The standard InChI is InChI=1S/C43H31N3/c1-43(2)37-20-10-9-19-35(37)41-30-14-4-3-13-29(30)36(27-38(41)43)40-31-15-5-7-17-33(31)42(34-18-8-6-16-32(34)40)46(28-22-25-44-26-23-28)39-21-11-12-24-45-39/h3-27H,1-2H3. The molecule has 1 aliphatic carbocycles. The average molecular weight is 590 g/mol. The highest BCUT2D eigenvalue weighted by molar-refractivity contribution is 6.25. The molecule has 0 saturated heterocycles. The predicted octanol–water partition coefficient (Wildman–Crippen LogP) is 11.4. The van der Waals surface area contributed by atoms with Crippen LogP contribution in [0.5, 0.6) is 0 Å². The summed E-state index contributed by atoms with van der Waals surface area (Å²) in [4.78, 5) is 11.5. The van der Waals surface area contributed by atoms with Crippen molar-refractivity contribution in [2.24, 2.45) is 0 Å². The SMILES string of the molecule is CC1(C)c2ccccc2-c2c1cc(-c1c3ccccc3c(N(c3ccncc3)c3ccccn3)c3ccccc13)c1ccccc21. The van der Waals surface area contributed by atoms with Crippen LogP contribution in [0, 0.1) is 0 Å². The summed E-state index contributed by atoms with van der Waals surface area (Å²) in [6, 6.07) is 48.3. The van der Waals surface area contributed by atoms with Crippen LogP contribution in [0.2, 0.25) is 0 Å². The van der Waals surface area contributed by atoms with E-state index in [1.54, 1.807) is 0 Å². The summed E-state index contributed by atoms with van der Waals surface area (Å²) in [7, 11) is 0. The topological polar surface area (TPSA) is 29.0 Å². The zero-order chi connectivity index (χ0) is 30.8. The largest absolute Gasteiger partial charge is 0.294 e.